The third-order valence-electron chi connectivity index (χ3n) is 3.90. The van der Waals surface area contributed by atoms with Crippen molar-refractivity contribution < 1.29 is 17.9 Å². The number of ether oxygens (including phenoxy) is 1. The highest BCUT2D eigenvalue weighted by atomic mass is 35.5. The number of aryl methyl sites for hydroxylation is 1. The topological polar surface area (TPSA) is 84.8 Å². The Labute approximate surface area is 173 Å². The van der Waals surface area contributed by atoms with Crippen LogP contribution in [0.1, 0.15) is 21.5 Å². The summed E-state index contributed by atoms with van der Waals surface area (Å²) in [7, 11) is -3.74. The first-order chi connectivity index (χ1) is 13.8. The van der Waals surface area contributed by atoms with Gasteiger partial charge in [-0.2, -0.15) is 13.5 Å². The molecule has 3 rings (SSSR count). The van der Waals surface area contributed by atoms with Gasteiger partial charge in [0.05, 0.1) is 21.7 Å². The zero-order chi connectivity index (χ0) is 20.9. The maximum atomic E-state index is 12.2. The van der Waals surface area contributed by atoms with Crippen LogP contribution in [-0.4, -0.2) is 20.6 Å². The summed E-state index contributed by atoms with van der Waals surface area (Å²) >= 11 is 5.98. The summed E-state index contributed by atoms with van der Waals surface area (Å²) in [6.07, 6.45) is 1.35. The molecule has 3 aromatic carbocycles. The van der Waals surface area contributed by atoms with Crippen molar-refractivity contribution in [3.63, 3.8) is 0 Å². The Balaban J connectivity index is 1.62. The molecule has 0 aromatic heterocycles. The van der Waals surface area contributed by atoms with Gasteiger partial charge in [0.2, 0.25) is 0 Å². The summed E-state index contributed by atoms with van der Waals surface area (Å²) < 4.78 is 29.6. The molecule has 0 aliphatic carbocycles. The Hall–Kier alpha value is -3.16. The number of carbonyl (C=O) groups excluding carboxylic acids is 1. The molecule has 6 nitrogen and oxygen atoms in total. The van der Waals surface area contributed by atoms with Gasteiger partial charge in [0.25, 0.3) is 10.0 Å². The van der Waals surface area contributed by atoms with Gasteiger partial charge in [0, 0.05) is 0 Å². The fourth-order valence-corrected chi connectivity index (χ4v) is 3.36. The van der Waals surface area contributed by atoms with Crippen LogP contribution in [0.5, 0.6) is 5.75 Å². The van der Waals surface area contributed by atoms with Crippen LogP contribution in [0.4, 0.5) is 0 Å². The molecule has 3 aromatic rings. The summed E-state index contributed by atoms with van der Waals surface area (Å²) in [5.41, 5.74) is 1.85. The maximum absolute atomic E-state index is 12.2. The predicted octanol–water partition coefficient (Wildman–Crippen LogP) is 4.18. The minimum atomic E-state index is -3.74. The molecule has 29 heavy (non-hydrogen) atoms. The van der Waals surface area contributed by atoms with Crippen LogP contribution >= 0.6 is 11.6 Å². The van der Waals surface area contributed by atoms with E-state index >= 15 is 0 Å². The molecule has 0 aliphatic rings. The standard InChI is InChI=1S/C21H17ClN2O4S/c1-15-6-12-18(13-7-15)29(26,27)24-23-14-16-8-10-17(11-9-16)28-21(25)19-4-2-3-5-20(19)22/h2-14,24H,1H3/b23-14-. The highest BCUT2D eigenvalue weighted by Gasteiger charge is 2.13. The van der Waals surface area contributed by atoms with E-state index in [0.29, 0.717) is 16.3 Å². The monoisotopic (exact) mass is 428 g/mol. The Morgan fingerprint density at radius 3 is 2.31 bits per heavy atom. The summed E-state index contributed by atoms with van der Waals surface area (Å²) in [4.78, 5) is 14.4. The van der Waals surface area contributed by atoms with Crippen LogP contribution in [0, 0.1) is 6.92 Å². The molecule has 0 amide bonds. The van der Waals surface area contributed by atoms with Gasteiger partial charge in [-0.05, 0) is 61.0 Å². The van der Waals surface area contributed by atoms with Gasteiger partial charge < -0.3 is 4.74 Å². The van der Waals surface area contributed by atoms with Crippen molar-refractivity contribution in [3.05, 3.63) is 94.5 Å². The van der Waals surface area contributed by atoms with Crippen molar-refractivity contribution in [1.29, 1.82) is 0 Å². The zero-order valence-corrected chi connectivity index (χ0v) is 16.9. The molecule has 0 aliphatic heterocycles. The SMILES string of the molecule is Cc1ccc(S(=O)(=O)N/N=C\c2ccc(OC(=O)c3ccccc3Cl)cc2)cc1. The van der Waals surface area contributed by atoms with Crippen molar-refractivity contribution in [2.75, 3.05) is 0 Å². The van der Waals surface area contributed by atoms with Crippen LogP contribution in [0.3, 0.4) is 0 Å². The molecule has 0 atom stereocenters. The van der Waals surface area contributed by atoms with Gasteiger partial charge in [0.15, 0.2) is 0 Å². The second kappa shape index (κ2) is 8.89. The highest BCUT2D eigenvalue weighted by molar-refractivity contribution is 7.89. The average Bonchev–Trinajstić information content (AvgIpc) is 2.70. The number of hydrogen-bond acceptors (Lipinski definition) is 5. The van der Waals surface area contributed by atoms with Crippen molar-refractivity contribution in [2.24, 2.45) is 5.10 Å². The fourth-order valence-electron chi connectivity index (χ4n) is 2.35. The van der Waals surface area contributed by atoms with Gasteiger partial charge in [-0.3, -0.25) is 0 Å². The number of hydrogen-bond donors (Lipinski definition) is 1. The van der Waals surface area contributed by atoms with Gasteiger partial charge in [-0.15, -0.1) is 0 Å². The first-order valence-corrected chi connectivity index (χ1v) is 10.4. The van der Waals surface area contributed by atoms with E-state index in [1.54, 1.807) is 60.7 Å². The molecule has 0 spiro atoms. The Morgan fingerprint density at radius 1 is 1.00 bits per heavy atom. The largest absolute Gasteiger partial charge is 0.423 e. The van der Waals surface area contributed by atoms with E-state index in [1.807, 2.05) is 6.92 Å². The van der Waals surface area contributed by atoms with E-state index < -0.39 is 16.0 Å². The first kappa shape index (κ1) is 20.6. The summed E-state index contributed by atoms with van der Waals surface area (Å²) in [6.45, 7) is 1.87. The molecule has 0 bridgehead atoms. The minimum absolute atomic E-state index is 0.127. The Kier molecular flexibility index (Phi) is 6.31. The molecule has 0 radical (unpaired) electrons. The van der Waals surface area contributed by atoms with Crippen LogP contribution < -0.4 is 9.57 Å². The summed E-state index contributed by atoms with van der Waals surface area (Å²) in [5, 5.41) is 4.08. The van der Waals surface area contributed by atoms with Crippen LogP contribution in [0.25, 0.3) is 0 Å². The van der Waals surface area contributed by atoms with Gasteiger partial charge in [-0.25, -0.2) is 9.63 Å². The number of carbonyl (C=O) groups is 1. The normalized spacial score (nSPS) is 11.4. The molecular weight excluding hydrogens is 412 g/mol. The quantitative estimate of drug-likeness (QED) is 0.276. The summed E-state index contributed by atoms with van der Waals surface area (Å²) in [6, 6.07) is 19.5. The van der Waals surface area contributed by atoms with E-state index in [-0.39, 0.29) is 10.5 Å². The molecule has 0 fully saturated rings. The van der Waals surface area contributed by atoms with Gasteiger partial charge in [-0.1, -0.05) is 41.4 Å². The predicted molar refractivity (Wildman–Crippen MR) is 112 cm³/mol. The van der Waals surface area contributed by atoms with Crippen molar-refractivity contribution in [2.45, 2.75) is 11.8 Å². The molecule has 0 unspecified atom stereocenters. The lowest BCUT2D eigenvalue weighted by Gasteiger charge is -2.06. The van der Waals surface area contributed by atoms with E-state index in [1.165, 1.54) is 18.3 Å². The van der Waals surface area contributed by atoms with E-state index in [9.17, 15) is 13.2 Å². The van der Waals surface area contributed by atoms with Crippen LogP contribution in [0.15, 0.2) is 82.8 Å². The van der Waals surface area contributed by atoms with Crippen molar-refractivity contribution in [1.82, 2.24) is 4.83 Å². The zero-order valence-electron chi connectivity index (χ0n) is 15.4. The lowest BCUT2D eigenvalue weighted by molar-refractivity contribution is 0.0735. The van der Waals surface area contributed by atoms with E-state index in [4.69, 9.17) is 16.3 Å². The number of benzene rings is 3. The molecular formula is C21H17ClN2O4S. The number of esters is 1. The fraction of sp³-hybridized carbons (Fsp3) is 0.0476. The number of hydrazone groups is 1. The highest BCUT2D eigenvalue weighted by Crippen LogP contribution is 2.19. The third-order valence-corrected chi connectivity index (χ3v) is 5.47. The Bertz CT molecular complexity index is 1140. The van der Waals surface area contributed by atoms with Crippen molar-refractivity contribution in [3.8, 4) is 5.75 Å². The number of sulfonamides is 1. The van der Waals surface area contributed by atoms with Crippen LogP contribution in [-0.2, 0) is 10.0 Å². The molecule has 0 heterocycles. The molecule has 8 heteroatoms. The number of nitrogens with zero attached hydrogens (tertiary/aromatic N) is 1. The van der Waals surface area contributed by atoms with Crippen molar-refractivity contribution >= 4 is 33.8 Å². The van der Waals surface area contributed by atoms with E-state index in [2.05, 4.69) is 9.93 Å². The van der Waals surface area contributed by atoms with E-state index in [0.717, 1.165) is 5.56 Å². The molecule has 0 saturated carbocycles. The number of nitrogens with one attached hydrogen (secondary N) is 1. The second-order valence-corrected chi connectivity index (χ2v) is 8.17. The van der Waals surface area contributed by atoms with Gasteiger partial charge >= 0.3 is 5.97 Å². The maximum Gasteiger partial charge on any atom is 0.345 e. The van der Waals surface area contributed by atoms with Gasteiger partial charge in [0.1, 0.15) is 5.75 Å². The number of rotatable bonds is 6. The smallest absolute Gasteiger partial charge is 0.345 e. The number of halogens is 1. The third kappa shape index (κ3) is 5.43. The lowest BCUT2D eigenvalue weighted by atomic mass is 10.2. The first-order valence-electron chi connectivity index (χ1n) is 8.53. The van der Waals surface area contributed by atoms with Crippen LogP contribution in [0.2, 0.25) is 5.02 Å². The molecule has 1 N–H and O–H groups in total. The Morgan fingerprint density at radius 2 is 1.66 bits per heavy atom. The molecule has 148 valence electrons. The minimum Gasteiger partial charge on any atom is -0.423 e. The summed E-state index contributed by atoms with van der Waals surface area (Å²) in [5.74, 6) is -0.241. The second-order valence-electron chi connectivity index (χ2n) is 6.10. The molecule has 0 saturated heterocycles. The average molecular weight is 429 g/mol. The lowest BCUT2D eigenvalue weighted by Crippen LogP contribution is -2.18.